The minimum absolute atomic E-state index is 0.0151. The smallest absolute Gasteiger partial charge is 0.152 e. The fourth-order valence-electron chi connectivity index (χ4n) is 2.49. The van der Waals surface area contributed by atoms with Crippen LogP contribution in [0.5, 0.6) is 0 Å². The highest BCUT2D eigenvalue weighted by Crippen LogP contribution is 2.15. The van der Waals surface area contributed by atoms with Crippen molar-refractivity contribution in [1.82, 2.24) is 0 Å². The summed E-state index contributed by atoms with van der Waals surface area (Å²) in [4.78, 5) is 23.6. The number of nitrogens with two attached hydrogens (primary N) is 2. The van der Waals surface area contributed by atoms with Crippen LogP contribution in [0.2, 0.25) is 0 Å². The molecule has 0 spiro atoms. The SMILES string of the molecule is CSCC[C@@H](N)C(=O)C(C)Cc1cccc(C[C@@H](N)C(C)=O)c1. The first kappa shape index (κ1) is 19.9. The predicted molar refractivity (Wildman–Crippen MR) is 97.7 cm³/mol. The zero-order valence-electron chi connectivity index (χ0n) is 14.2. The summed E-state index contributed by atoms with van der Waals surface area (Å²) < 4.78 is 0. The van der Waals surface area contributed by atoms with E-state index in [0.717, 1.165) is 23.3 Å². The zero-order chi connectivity index (χ0) is 17.4. The molecule has 0 amide bonds. The summed E-state index contributed by atoms with van der Waals surface area (Å²) in [6, 6.07) is 7.08. The Labute approximate surface area is 143 Å². The summed E-state index contributed by atoms with van der Waals surface area (Å²) in [5.74, 6) is 0.894. The minimum Gasteiger partial charge on any atom is -0.321 e. The Bertz CT molecular complexity index is 534. The standard InChI is InChI=1S/C18H28N2O2S/c1-12(18(22)16(19)7-8-23-3)9-14-5-4-6-15(10-14)11-17(20)13(2)21/h4-6,10,12,16-17H,7-9,11,19-20H2,1-3H3/t12?,16-,17-/m1/s1. The van der Waals surface area contributed by atoms with Gasteiger partial charge in [-0.1, -0.05) is 31.2 Å². The first-order chi connectivity index (χ1) is 10.8. The molecule has 5 heteroatoms. The Morgan fingerprint density at radius 2 is 1.74 bits per heavy atom. The van der Waals surface area contributed by atoms with Crippen molar-refractivity contribution in [1.29, 1.82) is 0 Å². The number of ketones is 2. The van der Waals surface area contributed by atoms with Crippen LogP contribution in [0.1, 0.15) is 31.4 Å². The largest absolute Gasteiger partial charge is 0.321 e. The summed E-state index contributed by atoms with van der Waals surface area (Å²) in [6.45, 7) is 3.43. The second-order valence-electron chi connectivity index (χ2n) is 6.14. The number of Topliss-reactive ketones (excluding diaryl/α,β-unsaturated/α-hetero) is 2. The van der Waals surface area contributed by atoms with Crippen molar-refractivity contribution >= 4 is 23.3 Å². The highest BCUT2D eigenvalue weighted by molar-refractivity contribution is 7.98. The molecule has 0 saturated carbocycles. The number of rotatable bonds is 10. The van der Waals surface area contributed by atoms with Gasteiger partial charge in [0.2, 0.25) is 0 Å². The van der Waals surface area contributed by atoms with Crippen molar-refractivity contribution < 1.29 is 9.59 Å². The van der Waals surface area contributed by atoms with E-state index >= 15 is 0 Å². The molecule has 1 unspecified atom stereocenters. The van der Waals surface area contributed by atoms with Crippen LogP contribution in [0.4, 0.5) is 0 Å². The first-order valence-corrected chi connectivity index (χ1v) is 9.36. The van der Waals surface area contributed by atoms with Gasteiger partial charge in [0.05, 0.1) is 12.1 Å². The second kappa shape index (κ2) is 9.85. The number of carbonyl (C=O) groups excluding carboxylic acids is 2. The Kier molecular flexibility index (Phi) is 8.52. The Morgan fingerprint density at radius 3 is 2.30 bits per heavy atom. The molecule has 1 aromatic carbocycles. The van der Waals surface area contributed by atoms with Gasteiger partial charge in [-0.2, -0.15) is 11.8 Å². The molecule has 4 N–H and O–H groups in total. The van der Waals surface area contributed by atoms with Crippen LogP contribution in [-0.4, -0.2) is 35.7 Å². The third-order valence-electron chi connectivity index (χ3n) is 4.00. The van der Waals surface area contributed by atoms with E-state index in [0.29, 0.717) is 12.8 Å². The summed E-state index contributed by atoms with van der Waals surface area (Å²) in [5, 5.41) is 0. The van der Waals surface area contributed by atoms with E-state index in [9.17, 15) is 9.59 Å². The molecule has 0 radical (unpaired) electrons. The summed E-state index contributed by atoms with van der Waals surface area (Å²) in [6.07, 6.45) is 3.92. The quantitative estimate of drug-likeness (QED) is 0.682. The molecule has 1 rings (SSSR count). The van der Waals surface area contributed by atoms with Gasteiger partial charge < -0.3 is 11.5 Å². The average Bonchev–Trinajstić information content (AvgIpc) is 2.51. The van der Waals surface area contributed by atoms with Crippen LogP contribution in [0, 0.1) is 5.92 Å². The molecule has 0 aromatic heterocycles. The van der Waals surface area contributed by atoms with E-state index < -0.39 is 6.04 Å². The van der Waals surface area contributed by atoms with Gasteiger partial charge in [-0.15, -0.1) is 0 Å². The maximum Gasteiger partial charge on any atom is 0.152 e. The molecule has 4 nitrogen and oxygen atoms in total. The summed E-state index contributed by atoms with van der Waals surface area (Å²) in [7, 11) is 0. The number of hydrogen-bond donors (Lipinski definition) is 2. The van der Waals surface area contributed by atoms with Crippen LogP contribution in [0.3, 0.4) is 0 Å². The number of benzene rings is 1. The minimum atomic E-state index is -0.468. The Morgan fingerprint density at radius 1 is 1.13 bits per heavy atom. The van der Waals surface area contributed by atoms with Crippen molar-refractivity contribution in [3.8, 4) is 0 Å². The Hall–Kier alpha value is -1.17. The van der Waals surface area contributed by atoms with Gasteiger partial charge >= 0.3 is 0 Å². The molecule has 0 aliphatic heterocycles. The van der Waals surface area contributed by atoms with Gasteiger partial charge in [-0.25, -0.2) is 0 Å². The van der Waals surface area contributed by atoms with Crippen molar-refractivity contribution in [2.45, 2.75) is 45.2 Å². The fourth-order valence-corrected chi connectivity index (χ4v) is 2.98. The van der Waals surface area contributed by atoms with Gasteiger partial charge in [0.1, 0.15) is 5.78 Å². The predicted octanol–water partition coefficient (Wildman–Crippen LogP) is 1.97. The molecule has 0 heterocycles. The lowest BCUT2D eigenvalue weighted by atomic mass is 9.91. The normalized spacial score (nSPS) is 15.0. The molecule has 0 fully saturated rings. The average molecular weight is 337 g/mol. The van der Waals surface area contributed by atoms with Crippen molar-refractivity contribution in [3.63, 3.8) is 0 Å². The maximum atomic E-state index is 12.3. The van der Waals surface area contributed by atoms with Gasteiger partial charge in [0.15, 0.2) is 5.78 Å². The fraction of sp³-hybridized carbons (Fsp3) is 0.556. The molecule has 1 aromatic rings. The van der Waals surface area contributed by atoms with Crippen LogP contribution < -0.4 is 11.5 Å². The van der Waals surface area contributed by atoms with E-state index in [2.05, 4.69) is 0 Å². The summed E-state index contributed by atoms with van der Waals surface area (Å²) >= 11 is 1.70. The van der Waals surface area contributed by atoms with Gasteiger partial charge in [0, 0.05) is 5.92 Å². The number of hydrogen-bond acceptors (Lipinski definition) is 5. The molecule has 128 valence electrons. The molecule has 0 aliphatic rings. The third-order valence-corrected chi connectivity index (χ3v) is 4.64. The van der Waals surface area contributed by atoms with Crippen molar-refractivity contribution in [2.24, 2.45) is 17.4 Å². The highest BCUT2D eigenvalue weighted by atomic mass is 32.2. The van der Waals surface area contributed by atoms with Crippen LogP contribution in [0.25, 0.3) is 0 Å². The van der Waals surface area contributed by atoms with Crippen molar-refractivity contribution in [3.05, 3.63) is 35.4 Å². The molecule has 3 atom stereocenters. The van der Waals surface area contributed by atoms with Crippen molar-refractivity contribution in [2.75, 3.05) is 12.0 Å². The lowest BCUT2D eigenvalue weighted by Crippen LogP contribution is -2.35. The van der Waals surface area contributed by atoms with Gasteiger partial charge in [0.25, 0.3) is 0 Å². The topological polar surface area (TPSA) is 86.2 Å². The molecule has 23 heavy (non-hydrogen) atoms. The van der Waals surface area contributed by atoms with Gasteiger partial charge in [-0.3, -0.25) is 9.59 Å². The van der Waals surface area contributed by atoms with E-state index in [-0.39, 0.29) is 23.5 Å². The zero-order valence-corrected chi connectivity index (χ0v) is 15.1. The van der Waals surface area contributed by atoms with E-state index in [1.807, 2.05) is 37.4 Å². The van der Waals surface area contributed by atoms with E-state index in [1.54, 1.807) is 11.8 Å². The highest BCUT2D eigenvalue weighted by Gasteiger charge is 2.20. The monoisotopic (exact) mass is 336 g/mol. The Balaban J connectivity index is 2.66. The van der Waals surface area contributed by atoms with Crippen LogP contribution in [-0.2, 0) is 22.4 Å². The molecule has 0 aliphatic carbocycles. The van der Waals surface area contributed by atoms with E-state index in [4.69, 9.17) is 11.5 Å². The summed E-state index contributed by atoms with van der Waals surface area (Å²) in [5.41, 5.74) is 13.9. The lowest BCUT2D eigenvalue weighted by Gasteiger charge is -2.16. The molecular formula is C18H28N2O2S. The second-order valence-corrected chi connectivity index (χ2v) is 7.12. The molecule has 0 bridgehead atoms. The van der Waals surface area contributed by atoms with Crippen LogP contribution in [0.15, 0.2) is 24.3 Å². The van der Waals surface area contributed by atoms with Gasteiger partial charge in [-0.05, 0) is 49.3 Å². The van der Waals surface area contributed by atoms with E-state index in [1.165, 1.54) is 6.92 Å². The first-order valence-electron chi connectivity index (χ1n) is 7.97. The van der Waals surface area contributed by atoms with Crippen LogP contribution >= 0.6 is 11.8 Å². The number of thioether (sulfide) groups is 1. The molecule has 0 saturated heterocycles. The lowest BCUT2D eigenvalue weighted by molar-refractivity contribution is -0.123. The molecular weight excluding hydrogens is 308 g/mol. The number of carbonyl (C=O) groups is 2. The maximum absolute atomic E-state index is 12.3. The third kappa shape index (κ3) is 6.85.